The lowest BCUT2D eigenvalue weighted by Gasteiger charge is -1.81. The highest BCUT2D eigenvalue weighted by molar-refractivity contribution is 6.66. The Labute approximate surface area is 70.5 Å². The van der Waals surface area contributed by atoms with Crippen molar-refractivity contribution in [2.75, 3.05) is 0 Å². The van der Waals surface area contributed by atoms with Gasteiger partial charge >= 0.3 is 0 Å². The van der Waals surface area contributed by atoms with Gasteiger partial charge in [-0.15, -0.1) is 0 Å². The quantitative estimate of drug-likeness (QED) is 0.503. The molecular formula is C7H10ClNO2. The van der Waals surface area contributed by atoms with E-state index in [1.165, 1.54) is 0 Å². The van der Waals surface area contributed by atoms with Crippen molar-refractivity contribution in [3.05, 3.63) is 24.8 Å². The van der Waals surface area contributed by atoms with Crippen LogP contribution in [0.25, 0.3) is 0 Å². The Kier molecular flexibility index (Phi) is 8.03. The average Bonchev–Trinajstić information content (AvgIpc) is 1.89. The molecule has 0 unspecified atom stereocenters. The Balaban J connectivity index is 0. The molecule has 0 saturated heterocycles. The molecule has 1 amide bonds. The van der Waals surface area contributed by atoms with E-state index in [-0.39, 0.29) is 0 Å². The van der Waals surface area contributed by atoms with Gasteiger partial charge in [-0.2, -0.15) is 0 Å². The second kappa shape index (κ2) is 7.02. The van der Waals surface area contributed by atoms with Crippen LogP contribution >= 0.6 is 11.6 Å². The smallest absolute Gasteiger partial charge is 0.244 e. The third-order valence-corrected chi connectivity index (χ3v) is 0.735. The fourth-order valence-corrected chi connectivity index (χ4v) is 0. The predicted octanol–water partition coefficient (Wildman–Crippen LogP) is 0.986. The second-order valence-corrected chi connectivity index (χ2v) is 2.03. The van der Waals surface area contributed by atoms with Gasteiger partial charge in [0.2, 0.25) is 11.1 Å². The summed E-state index contributed by atoms with van der Waals surface area (Å²) in [6.07, 6.45) is 1.04. The molecule has 0 saturated carbocycles. The van der Waals surface area contributed by atoms with Gasteiger partial charge in [0.05, 0.1) is 0 Å². The zero-order chi connectivity index (χ0) is 9.44. The number of amides is 1. The third kappa shape index (κ3) is 17.6. The van der Waals surface area contributed by atoms with Crippen LogP contribution in [0.4, 0.5) is 0 Å². The van der Waals surface area contributed by atoms with E-state index in [1.54, 1.807) is 6.92 Å². The summed E-state index contributed by atoms with van der Waals surface area (Å²) in [5.74, 6) is -0.435. The Morgan fingerprint density at radius 3 is 1.73 bits per heavy atom. The molecule has 0 spiro atoms. The Morgan fingerprint density at radius 2 is 1.73 bits per heavy atom. The minimum Gasteiger partial charge on any atom is -0.366 e. The van der Waals surface area contributed by atoms with Crippen molar-refractivity contribution in [1.29, 1.82) is 0 Å². The maximum atomic E-state index is 9.82. The van der Waals surface area contributed by atoms with Crippen LogP contribution in [0.15, 0.2) is 24.8 Å². The summed E-state index contributed by atoms with van der Waals surface area (Å²) in [6.45, 7) is 7.93. The molecule has 3 nitrogen and oxygen atoms in total. The second-order valence-electron chi connectivity index (χ2n) is 1.65. The standard InChI is InChI=1S/C4H7NO.C3H3ClO/c1-3(2)4(5)6;1-2-3(4)5/h1H2,2H3,(H2,5,6);2H,1H2. The summed E-state index contributed by atoms with van der Waals surface area (Å²) in [7, 11) is 0. The van der Waals surface area contributed by atoms with Gasteiger partial charge in [0, 0.05) is 5.57 Å². The molecule has 0 rings (SSSR count). The molecule has 0 aromatic heterocycles. The number of primary amides is 1. The Morgan fingerprint density at radius 1 is 1.55 bits per heavy atom. The van der Waals surface area contributed by atoms with Crippen LogP contribution in [-0.4, -0.2) is 11.1 Å². The number of hydrogen-bond acceptors (Lipinski definition) is 2. The summed E-state index contributed by atoms with van der Waals surface area (Å²) in [4.78, 5) is 19.3. The highest BCUT2D eigenvalue weighted by atomic mass is 35.5. The van der Waals surface area contributed by atoms with Crippen LogP contribution < -0.4 is 5.73 Å². The van der Waals surface area contributed by atoms with Crippen molar-refractivity contribution in [3.8, 4) is 0 Å². The summed E-state index contributed by atoms with van der Waals surface area (Å²) < 4.78 is 0. The van der Waals surface area contributed by atoms with Crippen LogP contribution in [0.1, 0.15) is 6.92 Å². The normalized spacial score (nSPS) is 7.09. The molecule has 0 fully saturated rings. The first kappa shape index (κ1) is 12.6. The maximum Gasteiger partial charge on any atom is 0.244 e. The lowest BCUT2D eigenvalue weighted by atomic mass is 10.3. The number of hydrogen-bond donors (Lipinski definition) is 1. The molecule has 0 aromatic rings. The first-order valence-corrected chi connectivity index (χ1v) is 3.06. The molecule has 0 radical (unpaired) electrons. The van der Waals surface area contributed by atoms with Gasteiger partial charge in [0.15, 0.2) is 0 Å². The average molecular weight is 176 g/mol. The van der Waals surface area contributed by atoms with E-state index in [2.05, 4.69) is 13.2 Å². The monoisotopic (exact) mass is 175 g/mol. The van der Waals surface area contributed by atoms with Gasteiger partial charge in [-0.25, -0.2) is 0 Å². The zero-order valence-corrected chi connectivity index (χ0v) is 7.02. The van der Waals surface area contributed by atoms with E-state index in [0.717, 1.165) is 6.08 Å². The molecule has 62 valence electrons. The Bertz CT molecular complexity index is 175. The lowest BCUT2D eigenvalue weighted by molar-refractivity contribution is -0.114. The van der Waals surface area contributed by atoms with Crippen LogP contribution in [0.5, 0.6) is 0 Å². The first-order valence-electron chi connectivity index (χ1n) is 2.69. The van der Waals surface area contributed by atoms with Crippen LogP contribution in [0.2, 0.25) is 0 Å². The van der Waals surface area contributed by atoms with Crippen molar-refractivity contribution in [2.45, 2.75) is 6.92 Å². The van der Waals surface area contributed by atoms with E-state index < -0.39 is 11.1 Å². The molecule has 0 aliphatic carbocycles. The number of carbonyl (C=O) groups excluding carboxylic acids is 2. The molecule has 11 heavy (non-hydrogen) atoms. The van der Waals surface area contributed by atoms with Gasteiger partial charge in [-0.1, -0.05) is 13.2 Å². The molecule has 0 aromatic carbocycles. The zero-order valence-electron chi connectivity index (χ0n) is 6.26. The molecule has 0 aliphatic rings. The van der Waals surface area contributed by atoms with Crippen molar-refractivity contribution in [1.82, 2.24) is 0 Å². The number of halogens is 1. The summed E-state index contributed by atoms with van der Waals surface area (Å²) >= 11 is 4.71. The fourth-order valence-electron chi connectivity index (χ4n) is 0. The highest BCUT2D eigenvalue weighted by Crippen LogP contribution is 1.78. The van der Waals surface area contributed by atoms with E-state index in [4.69, 9.17) is 17.3 Å². The molecule has 2 N–H and O–H groups in total. The van der Waals surface area contributed by atoms with E-state index in [9.17, 15) is 9.59 Å². The SMILES string of the molecule is C=C(C)C(N)=O.C=CC(=O)Cl. The highest BCUT2D eigenvalue weighted by Gasteiger charge is 1.86. The lowest BCUT2D eigenvalue weighted by Crippen LogP contribution is -2.10. The number of allylic oxidation sites excluding steroid dienone is 1. The van der Waals surface area contributed by atoms with Gasteiger partial charge < -0.3 is 5.73 Å². The van der Waals surface area contributed by atoms with Crippen molar-refractivity contribution in [2.24, 2.45) is 5.73 Å². The van der Waals surface area contributed by atoms with E-state index in [1.807, 2.05) is 0 Å². The largest absolute Gasteiger partial charge is 0.366 e. The van der Waals surface area contributed by atoms with Gasteiger partial charge in [-0.3, -0.25) is 9.59 Å². The summed E-state index contributed by atoms with van der Waals surface area (Å²) in [6, 6.07) is 0. The molecular weight excluding hydrogens is 166 g/mol. The van der Waals surface area contributed by atoms with Crippen LogP contribution in [0, 0.1) is 0 Å². The molecule has 4 heteroatoms. The number of carbonyl (C=O) groups is 2. The van der Waals surface area contributed by atoms with E-state index in [0.29, 0.717) is 5.57 Å². The van der Waals surface area contributed by atoms with Crippen molar-refractivity contribution < 1.29 is 9.59 Å². The minimum absolute atomic E-state index is 0.398. The fraction of sp³-hybridized carbons (Fsp3) is 0.143. The minimum atomic E-state index is -0.509. The van der Waals surface area contributed by atoms with Gasteiger partial charge in [0.25, 0.3) is 0 Å². The first-order chi connectivity index (χ1) is 4.91. The van der Waals surface area contributed by atoms with E-state index >= 15 is 0 Å². The third-order valence-electron chi connectivity index (χ3n) is 0.581. The van der Waals surface area contributed by atoms with Gasteiger partial charge in [-0.05, 0) is 24.6 Å². The molecule has 0 heterocycles. The van der Waals surface area contributed by atoms with Gasteiger partial charge in [0.1, 0.15) is 0 Å². The number of rotatable bonds is 2. The van der Waals surface area contributed by atoms with Crippen molar-refractivity contribution >= 4 is 22.8 Å². The summed E-state index contributed by atoms with van der Waals surface area (Å²) in [5, 5.41) is -0.509. The maximum absolute atomic E-state index is 9.82. The van der Waals surface area contributed by atoms with Crippen molar-refractivity contribution in [3.63, 3.8) is 0 Å². The number of nitrogens with two attached hydrogens (primary N) is 1. The predicted molar refractivity (Wildman–Crippen MR) is 45.1 cm³/mol. The molecule has 0 atom stereocenters. The van der Waals surface area contributed by atoms with Crippen LogP contribution in [0.3, 0.4) is 0 Å². The Hall–Kier alpha value is -1.09. The topological polar surface area (TPSA) is 60.2 Å². The van der Waals surface area contributed by atoms with Crippen LogP contribution in [-0.2, 0) is 9.59 Å². The molecule has 0 bridgehead atoms. The molecule has 0 aliphatic heterocycles. The summed E-state index contributed by atoms with van der Waals surface area (Å²) in [5.41, 5.74) is 5.09.